The molecule has 94 valence electrons. The van der Waals surface area contributed by atoms with Gasteiger partial charge < -0.3 is 5.11 Å². The van der Waals surface area contributed by atoms with E-state index in [9.17, 15) is 5.11 Å². The number of aromatic nitrogens is 2. The number of aliphatic hydroxyl groups is 1. The van der Waals surface area contributed by atoms with Crippen molar-refractivity contribution < 1.29 is 5.11 Å². The van der Waals surface area contributed by atoms with Crippen LogP contribution in [0.3, 0.4) is 0 Å². The predicted molar refractivity (Wildman–Crippen MR) is 72.6 cm³/mol. The van der Waals surface area contributed by atoms with Gasteiger partial charge in [0, 0.05) is 6.20 Å². The van der Waals surface area contributed by atoms with E-state index in [0.717, 1.165) is 47.0 Å². The van der Waals surface area contributed by atoms with Crippen LogP contribution in [-0.2, 0) is 12.8 Å². The summed E-state index contributed by atoms with van der Waals surface area (Å²) >= 11 is 1.60. The topological polar surface area (TPSA) is 46.0 Å². The molecule has 0 saturated heterocycles. The second-order valence-electron chi connectivity index (χ2n) is 4.60. The largest absolute Gasteiger partial charge is 0.388 e. The molecule has 0 aromatic carbocycles. The number of thiazole rings is 1. The SMILES string of the molecule is CCc1cccnc1-c1nc2c(s1)C(O)CCC2. The first-order valence-corrected chi connectivity index (χ1v) is 7.23. The molecule has 1 N–H and O–H groups in total. The maximum atomic E-state index is 10.00. The molecule has 3 nitrogen and oxygen atoms in total. The quantitative estimate of drug-likeness (QED) is 0.902. The second kappa shape index (κ2) is 4.78. The highest BCUT2D eigenvalue weighted by molar-refractivity contribution is 7.15. The van der Waals surface area contributed by atoms with Gasteiger partial charge in [-0.25, -0.2) is 4.98 Å². The Kier molecular flexibility index (Phi) is 3.14. The minimum absolute atomic E-state index is 0.325. The molecule has 0 saturated carbocycles. The molecule has 1 aliphatic carbocycles. The van der Waals surface area contributed by atoms with Crippen molar-refractivity contribution in [3.8, 4) is 10.7 Å². The van der Waals surface area contributed by atoms with E-state index >= 15 is 0 Å². The van der Waals surface area contributed by atoms with Crippen LogP contribution in [0.2, 0.25) is 0 Å². The van der Waals surface area contributed by atoms with Gasteiger partial charge in [0.15, 0.2) is 0 Å². The van der Waals surface area contributed by atoms with Crippen LogP contribution < -0.4 is 0 Å². The van der Waals surface area contributed by atoms with Crippen LogP contribution in [0.1, 0.15) is 42.0 Å². The molecule has 1 aliphatic rings. The minimum Gasteiger partial charge on any atom is -0.388 e. The summed E-state index contributed by atoms with van der Waals surface area (Å²) in [6.45, 7) is 2.13. The maximum absolute atomic E-state index is 10.00. The van der Waals surface area contributed by atoms with E-state index in [0.29, 0.717) is 0 Å². The van der Waals surface area contributed by atoms with Crippen LogP contribution in [0.25, 0.3) is 10.7 Å². The van der Waals surface area contributed by atoms with E-state index in [1.165, 1.54) is 5.56 Å². The lowest BCUT2D eigenvalue weighted by Crippen LogP contribution is -2.06. The lowest BCUT2D eigenvalue weighted by Gasteiger charge is -2.14. The molecular weight excluding hydrogens is 244 g/mol. The monoisotopic (exact) mass is 260 g/mol. The van der Waals surface area contributed by atoms with Crippen molar-refractivity contribution in [2.24, 2.45) is 0 Å². The maximum Gasteiger partial charge on any atom is 0.142 e. The van der Waals surface area contributed by atoms with Gasteiger partial charge in [-0.2, -0.15) is 0 Å². The van der Waals surface area contributed by atoms with Crippen molar-refractivity contribution in [3.05, 3.63) is 34.5 Å². The third-order valence-electron chi connectivity index (χ3n) is 3.40. The van der Waals surface area contributed by atoms with Crippen molar-refractivity contribution in [1.29, 1.82) is 0 Å². The zero-order valence-electron chi connectivity index (χ0n) is 10.4. The molecular formula is C14H16N2OS. The molecule has 0 amide bonds. The highest BCUT2D eigenvalue weighted by atomic mass is 32.1. The summed E-state index contributed by atoms with van der Waals surface area (Å²) in [5, 5.41) is 11.0. The molecule has 2 heterocycles. The number of pyridine rings is 1. The molecule has 1 atom stereocenters. The molecule has 3 rings (SSSR count). The van der Waals surface area contributed by atoms with Gasteiger partial charge in [-0.3, -0.25) is 4.98 Å². The fourth-order valence-electron chi connectivity index (χ4n) is 2.41. The standard InChI is InChI=1S/C14H16N2OS/c1-2-9-5-4-8-15-12(9)14-16-10-6-3-7-11(17)13(10)18-14/h4-5,8,11,17H,2-3,6-7H2,1H3. The van der Waals surface area contributed by atoms with E-state index in [2.05, 4.69) is 23.0 Å². The van der Waals surface area contributed by atoms with Crippen LogP contribution >= 0.6 is 11.3 Å². The highest BCUT2D eigenvalue weighted by Crippen LogP contribution is 2.37. The van der Waals surface area contributed by atoms with E-state index in [4.69, 9.17) is 0 Å². The van der Waals surface area contributed by atoms with Gasteiger partial charge in [-0.15, -0.1) is 11.3 Å². The van der Waals surface area contributed by atoms with Gasteiger partial charge in [0.05, 0.1) is 16.7 Å². The Morgan fingerprint density at radius 2 is 2.39 bits per heavy atom. The summed E-state index contributed by atoms with van der Waals surface area (Å²) in [4.78, 5) is 10.2. The summed E-state index contributed by atoms with van der Waals surface area (Å²) in [5.41, 5.74) is 3.27. The third kappa shape index (κ3) is 1.95. The Morgan fingerprint density at radius 1 is 1.50 bits per heavy atom. The Morgan fingerprint density at radius 3 is 3.17 bits per heavy atom. The Hall–Kier alpha value is -1.26. The summed E-state index contributed by atoms with van der Waals surface area (Å²) < 4.78 is 0. The first kappa shape index (κ1) is 11.8. The minimum atomic E-state index is -0.325. The van der Waals surface area contributed by atoms with E-state index in [-0.39, 0.29) is 6.10 Å². The summed E-state index contributed by atoms with van der Waals surface area (Å²) in [5.74, 6) is 0. The van der Waals surface area contributed by atoms with Crippen LogP contribution in [-0.4, -0.2) is 15.1 Å². The van der Waals surface area contributed by atoms with Gasteiger partial charge in [0.1, 0.15) is 10.7 Å². The molecule has 18 heavy (non-hydrogen) atoms. The van der Waals surface area contributed by atoms with Crippen LogP contribution in [0.15, 0.2) is 18.3 Å². The van der Waals surface area contributed by atoms with Gasteiger partial charge in [-0.1, -0.05) is 13.0 Å². The average Bonchev–Trinajstić information content (AvgIpc) is 2.84. The first-order valence-electron chi connectivity index (χ1n) is 6.41. The van der Waals surface area contributed by atoms with Crippen LogP contribution in [0.5, 0.6) is 0 Å². The molecule has 2 aromatic rings. The van der Waals surface area contributed by atoms with Crippen molar-refractivity contribution in [2.75, 3.05) is 0 Å². The Balaban J connectivity index is 2.07. The number of nitrogens with zero attached hydrogens (tertiary/aromatic N) is 2. The Labute approximate surface area is 111 Å². The predicted octanol–water partition coefficient (Wildman–Crippen LogP) is 3.14. The molecule has 0 fully saturated rings. The molecule has 0 radical (unpaired) electrons. The fourth-order valence-corrected chi connectivity index (χ4v) is 3.58. The lowest BCUT2D eigenvalue weighted by atomic mass is 10.0. The molecule has 0 bridgehead atoms. The van der Waals surface area contributed by atoms with Crippen molar-refractivity contribution in [1.82, 2.24) is 9.97 Å². The number of fused-ring (bicyclic) bond motifs is 1. The van der Waals surface area contributed by atoms with Crippen molar-refractivity contribution in [3.63, 3.8) is 0 Å². The zero-order valence-corrected chi connectivity index (χ0v) is 11.2. The van der Waals surface area contributed by atoms with Crippen molar-refractivity contribution >= 4 is 11.3 Å². The average molecular weight is 260 g/mol. The summed E-state index contributed by atoms with van der Waals surface area (Å²) in [6, 6.07) is 4.06. The number of aryl methyl sites for hydroxylation is 2. The molecule has 4 heteroatoms. The van der Waals surface area contributed by atoms with Crippen LogP contribution in [0, 0.1) is 0 Å². The lowest BCUT2D eigenvalue weighted by molar-refractivity contribution is 0.160. The molecule has 0 aliphatic heterocycles. The molecule has 0 spiro atoms. The number of rotatable bonds is 2. The zero-order chi connectivity index (χ0) is 12.5. The first-order chi connectivity index (χ1) is 8.79. The van der Waals surface area contributed by atoms with E-state index in [1.54, 1.807) is 11.3 Å². The summed E-state index contributed by atoms with van der Waals surface area (Å²) in [7, 11) is 0. The Bertz CT molecular complexity index is 565. The van der Waals surface area contributed by atoms with Crippen molar-refractivity contribution in [2.45, 2.75) is 38.7 Å². The normalized spacial score (nSPS) is 18.7. The molecule has 1 unspecified atom stereocenters. The van der Waals surface area contributed by atoms with Gasteiger partial charge in [0.2, 0.25) is 0 Å². The second-order valence-corrected chi connectivity index (χ2v) is 5.63. The van der Waals surface area contributed by atoms with E-state index in [1.807, 2.05) is 12.3 Å². The van der Waals surface area contributed by atoms with Gasteiger partial charge in [-0.05, 0) is 37.3 Å². The van der Waals surface area contributed by atoms with Crippen LogP contribution in [0.4, 0.5) is 0 Å². The van der Waals surface area contributed by atoms with Gasteiger partial charge >= 0.3 is 0 Å². The summed E-state index contributed by atoms with van der Waals surface area (Å²) in [6.07, 6.45) is 5.31. The third-order valence-corrected chi connectivity index (χ3v) is 4.60. The smallest absolute Gasteiger partial charge is 0.142 e. The van der Waals surface area contributed by atoms with Gasteiger partial charge in [0.25, 0.3) is 0 Å². The fraction of sp³-hybridized carbons (Fsp3) is 0.429. The van der Waals surface area contributed by atoms with E-state index < -0.39 is 0 Å². The number of aliphatic hydroxyl groups excluding tert-OH is 1. The number of hydrogen-bond acceptors (Lipinski definition) is 4. The number of hydrogen-bond donors (Lipinski definition) is 1. The highest BCUT2D eigenvalue weighted by Gasteiger charge is 2.24. The molecule has 2 aromatic heterocycles.